The molecule has 3 aromatic rings. The lowest BCUT2D eigenvalue weighted by atomic mass is 9.90. The van der Waals surface area contributed by atoms with Crippen LogP contribution in [0.3, 0.4) is 0 Å². The lowest BCUT2D eigenvalue weighted by molar-refractivity contribution is 0.0940. The Morgan fingerprint density at radius 2 is 1.84 bits per heavy atom. The highest BCUT2D eigenvalue weighted by atomic mass is 16.1. The first-order valence-electron chi connectivity index (χ1n) is 10.8. The minimum absolute atomic E-state index is 0.0786. The first-order chi connectivity index (χ1) is 15.0. The number of aromatic nitrogens is 2. The summed E-state index contributed by atoms with van der Waals surface area (Å²) in [5, 5.41) is 13.6. The summed E-state index contributed by atoms with van der Waals surface area (Å²) in [6, 6.07) is 12.2. The number of nitrogens with zero attached hydrogens (tertiary/aromatic N) is 3. The minimum atomic E-state index is -0.120. The molecule has 4 rings (SSSR count). The van der Waals surface area contributed by atoms with Gasteiger partial charge >= 0.3 is 0 Å². The summed E-state index contributed by atoms with van der Waals surface area (Å²) in [4.78, 5) is 21.7. The molecule has 158 valence electrons. The van der Waals surface area contributed by atoms with E-state index in [9.17, 15) is 4.79 Å². The fourth-order valence-corrected chi connectivity index (χ4v) is 4.12. The molecule has 0 bridgehead atoms. The van der Waals surface area contributed by atoms with Gasteiger partial charge in [0.1, 0.15) is 11.8 Å². The summed E-state index contributed by atoms with van der Waals surface area (Å²) in [5.41, 5.74) is 10.7. The fourth-order valence-electron chi connectivity index (χ4n) is 4.12. The zero-order valence-electron chi connectivity index (χ0n) is 17.9. The Labute approximate surface area is 182 Å². The van der Waals surface area contributed by atoms with Crippen molar-refractivity contribution in [1.29, 1.82) is 5.26 Å². The molecule has 1 saturated carbocycles. The second-order valence-corrected chi connectivity index (χ2v) is 8.60. The summed E-state index contributed by atoms with van der Waals surface area (Å²) in [5.74, 6) is -0.0414. The molecule has 31 heavy (non-hydrogen) atoms. The maximum atomic E-state index is 13.0. The van der Waals surface area contributed by atoms with Gasteiger partial charge in [0.15, 0.2) is 5.78 Å². The van der Waals surface area contributed by atoms with Gasteiger partial charge in [0.05, 0.1) is 16.8 Å². The third-order valence-electron chi connectivity index (χ3n) is 5.99. The second kappa shape index (κ2) is 8.83. The van der Waals surface area contributed by atoms with Crippen molar-refractivity contribution >= 4 is 22.4 Å². The molecule has 0 radical (unpaired) electrons. The molecular weight excluding hydrogens is 386 g/mol. The molecule has 6 nitrogen and oxygen atoms in total. The highest BCUT2D eigenvalue weighted by Gasteiger charge is 2.23. The van der Waals surface area contributed by atoms with Gasteiger partial charge in [-0.15, -0.1) is 0 Å². The number of benzene rings is 1. The van der Waals surface area contributed by atoms with Gasteiger partial charge in [-0.05, 0) is 55.5 Å². The van der Waals surface area contributed by atoms with E-state index < -0.39 is 0 Å². The number of nitriles is 1. The molecule has 0 saturated heterocycles. The third kappa shape index (κ3) is 4.42. The number of fused-ring (bicyclic) bond motifs is 1. The van der Waals surface area contributed by atoms with Crippen LogP contribution in [0.2, 0.25) is 0 Å². The number of pyridine rings is 2. The van der Waals surface area contributed by atoms with E-state index in [4.69, 9.17) is 11.0 Å². The number of carbonyl (C=O) groups excluding carboxylic acids is 1. The quantitative estimate of drug-likeness (QED) is 0.588. The fraction of sp³-hybridized carbons (Fsp3) is 0.360. The van der Waals surface area contributed by atoms with Crippen LogP contribution in [0.4, 0.5) is 5.69 Å². The average molecular weight is 414 g/mol. The summed E-state index contributed by atoms with van der Waals surface area (Å²) in [6.07, 6.45) is 7.34. The van der Waals surface area contributed by atoms with Gasteiger partial charge in [0.25, 0.3) is 0 Å². The Bertz CT molecular complexity index is 1140. The van der Waals surface area contributed by atoms with Crippen LogP contribution in [-0.2, 0) is 0 Å². The number of Topliss-reactive ketones (excluding diaryl/α,β-unsaturated/α-hetero) is 1. The molecule has 2 aromatic heterocycles. The van der Waals surface area contributed by atoms with Crippen molar-refractivity contribution in [1.82, 2.24) is 9.97 Å². The molecule has 3 N–H and O–H groups in total. The second-order valence-electron chi connectivity index (χ2n) is 8.60. The molecule has 0 unspecified atom stereocenters. The standard InChI is InChI=1S/C25H27N5O/c1-15(2)25(31)22-14-29-23-10-4-16(17-3-7-20(12-26)28-13-17)11-21(23)24(22)30-19-8-5-18(27)6-9-19/h3-4,7,10-11,13-15,18-19H,5-6,8-9,27H2,1-2H3,(H,29,30). The molecule has 0 amide bonds. The van der Waals surface area contributed by atoms with Crippen molar-refractivity contribution in [3.63, 3.8) is 0 Å². The molecule has 1 aromatic carbocycles. The van der Waals surface area contributed by atoms with Crippen molar-refractivity contribution in [2.75, 3.05) is 5.32 Å². The molecule has 0 aliphatic heterocycles. The Balaban J connectivity index is 1.81. The summed E-state index contributed by atoms with van der Waals surface area (Å²) >= 11 is 0. The van der Waals surface area contributed by atoms with Crippen LogP contribution in [0, 0.1) is 17.2 Å². The third-order valence-corrected chi connectivity index (χ3v) is 5.99. The topological polar surface area (TPSA) is 105 Å². The Morgan fingerprint density at radius 3 is 2.48 bits per heavy atom. The number of ketones is 1. The number of hydrogen-bond acceptors (Lipinski definition) is 6. The Morgan fingerprint density at radius 1 is 1.10 bits per heavy atom. The predicted molar refractivity (Wildman–Crippen MR) is 123 cm³/mol. The summed E-state index contributed by atoms with van der Waals surface area (Å²) in [7, 11) is 0. The van der Waals surface area contributed by atoms with Crippen molar-refractivity contribution < 1.29 is 4.79 Å². The molecule has 0 spiro atoms. The Kier molecular flexibility index (Phi) is 5.97. The van der Waals surface area contributed by atoms with Gasteiger partial charge in [-0.1, -0.05) is 19.9 Å². The maximum Gasteiger partial charge on any atom is 0.169 e. The van der Waals surface area contributed by atoms with Crippen LogP contribution < -0.4 is 11.1 Å². The van der Waals surface area contributed by atoms with E-state index in [1.165, 1.54) is 0 Å². The van der Waals surface area contributed by atoms with E-state index >= 15 is 0 Å². The van der Waals surface area contributed by atoms with Gasteiger partial charge in [-0.2, -0.15) is 5.26 Å². The normalized spacial score (nSPS) is 18.7. The molecule has 1 aliphatic carbocycles. The average Bonchev–Trinajstić information content (AvgIpc) is 2.80. The predicted octanol–water partition coefficient (Wildman–Crippen LogP) is 4.69. The highest BCUT2D eigenvalue weighted by Crippen LogP contribution is 2.33. The molecule has 2 heterocycles. The highest BCUT2D eigenvalue weighted by molar-refractivity contribution is 6.09. The number of anilines is 1. The van der Waals surface area contributed by atoms with E-state index in [1.54, 1.807) is 18.5 Å². The van der Waals surface area contributed by atoms with Crippen LogP contribution in [0.25, 0.3) is 22.0 Å². The smallest absolute Gasteiger partial charge is 0.169 e. The van der Waals surface area contributed by atoms with E-state index in [0.29, 0.717) is 11.3 Å². The van der Waals surface area contributed by atoms with Crippen LogP contribution in [0.15, 0.2) is 42.7 Å². The zero-order chi connectivity index (χ0) is 22.0. The maximum absolute atomic E-state index is 13.0. The summed E-state index contributed by atoms with van der Waals surface area (Å²) in [6.45, 7) is 3.82. The van der Waals surface area contributed by atoms with Crippen LogP contribution in [-0.4, -0.2) is 27.8 Å². The monoisotopic (exact) mass is 413 g/mol. The first kappa shape index (κ1) is 21.0. The van der Waals surface area contributed by atoms with E-state index in [-0.39, 0.29) is 23.8 Å². The molecular formula is C25H27N5O. The lowest BCUT2D eigenvalue weighted by Crippen LogP contribution is -2.33. The number of nitrogens with one attached hydrogen (secondary N) is 1. The molecule has 0 atom stereocenters. The van der Waals surface area contributed by atoms with Gasteiger partial charge < -0.3 is 11.1 Å². The van der Waals surface area contributed by atoms with E-state index in [2.05, 4.69) is 21.4 Å². The van der Waals surface area contributed by atoms with Gasteiger partial charge in [0.2, 0.25) is 0 Å². The number of hydrogen-bond donors (Lipinski definition) is 2. The van der Waals surface area contributed by atoms with Crippen molar-refractivity contribution in [2.24, 2.45) is 11.7 Å². The Hall–Kier alpha value is -3.30. The largest absolute Gasteiger partial charge is 0.381 e. The van der Waals surface area contributed by atoms with Crippen molar-refractivity contribution in [2.45, 2.75) is 51.6 Å². The van der Waals surface area contributed by atoms with Crippen LogP contribution in [0.1, 0.15) is 55.6 Å². The van der Waals surface area contributed by atoms with Crippen molar-refractivity contribution in [3.05, 3.63) is 54.0 Å². The van der Waals surface area contributed by atoms with Crippen molar-refractivity contribution in [3.8, 4) is 17.2 Å². The molecule has 1 aliphatic rings. The van der Waals surface area contributed by atoms with Crippen LogP contribution in [0.5, 0.6) is 0 Å². The number of rotatable bonds is 5. The lowest BCUT2D eigenvalue weighted by Gasteiger charge is -2.29. The molecule has 6 heteroatoms. The SMILES string of the molecule is CC(C)C(=O)c1cnc2ccc(-c3ccc(C#N)nc3)cc2c1NC1CCC(N)CC1. The number of nitrogens with two attached hydrogens (primary N) is 1. The van der Waals surface area contributed by atoms with E-state index in [1.807, 2.05) is 38.1 Å². The van der Waals surface area contributed by atoms with Gasteiger partial charge in [0, 0.05) is 41.3 Å². The molecule has 1 fully saturated rings. The summed E-state index contributed by atoms with van der Waals surface area (Å²) < 4.78 is 0. The zero-order valence-corrected chi connectivity index (χ0v) is 17.9. The van der Waals surface area contributed by atoms with Gasteiger partial charge in [-0.3, -0.25) is 9.78 Å². The minimum Gasteiger partial charge on any atom is -0.381 e. The van der Waals surface area contributed by atoms with E-state index in [0.717, 1.165) is 53.4 Å². The number of carbonyl (C=O) groups is 1. The van der Waals surface area contributed by atoms with Gasteiger partial charge in [-0.25, -0.2) is 4.98 Å². The van der Waals surface area contributed by atoms with Crippen LogP contribution >= 0.6 is 0 Å². The first-order valence-corrected chi connectivity index (χ1v) is 10.8.